The summed E-state index contributed by atoms with van der Waals surface area (Å²) in [7, 11) is -3.85. The number of amides is 1. The smallest absolute Gasteiger partial charge is 0.412 e. The number of ether oxygens (including phenoxy) is 1. The maximum atomic E-state index is 12.4. The van der Waals surface area contributed by atoms with Gasteiger partial charge in [0.05, 0.1) is 6.61 Å². The molecule has 0 radical (unpaired) electrons. The standard InChI is InChI=1S/C20H25NO5S/c1-6-25-27(23,24)18-12-7-14(2)13-17(18)15-8-10-16(11-9-15)21-19(22)26-20(3,4)5/h7-13H,6H2,1-5H3,(H,21,22). The molecular weight excluding hydrogens is 366 g/mol. The molecule has 0 spiro atoms. The Labute approximate surface area is 160 Å². The second kappa shape index (κ2) is 8.10. The Morgan fingerprint density at radius 2 is 1.70 bits per heavy atom. The van der Waals surface area contributed by atoms with Gasteiger partial charge in [0, 0.05) is 11.3 Å². The highest BCUT2D eigenvalue weighted by atomic mass is 32.2. The molecule has 27 heavy (non-hydrogen) atoms. The van der Waals surface area contributed by atoms with Gasteiger partial charge in [-0.05, 0) is 58.4 Å². The van der Waals surface area contributed by atoms with E-state index in [0.29, 0.717) is 16.8 Å². The van der Waals surface area contributed by atoms with Gasteiger partial charge in [-0.3, -0.25) is 9.50 Å². The fourth-order valence-electron chi connectivity index (χ4n) is 2.46. The van der Waals surface area contributed by atoms with Crippen LogP contribution in [0.1, 0.15) is 33.3 Å². The average molecular weight is 391 g/mol. The highest BCUT2D eigenvalue weighted by Crippen LogP contribution is 2.30. The van der Waals surface area contributed by atoms with Crippen LogP contribution in [-0.4, -0.2) is 26.7 Å². The Kier molecular flexibility index (Phi) is 6.28. The first-order valence-electron chi connectivity index (χ1n) is 8.62. The van der Waals surface area contributed by atoms with Crippen molar-refractivity contribution in [2.45, 2.75) is 45.1 Å². The highest BCUT2D eigenvalue weighted by molar-refractivity contribution is 7.87. The van der Waals surface area contributed by atoms with Crippen LogP contribution in [0.4, 0.5) is 10.5 Å². The van der Waals surface area contributed by atoms with Crippen LogP contribution in [0.5, 0.6) is 0 Å². The fourth-order valence-corrected chi connectivity index (χ4v) is 3.58. The minimum Gasteiger partial charge on any atom is -0.444 e. The average Bonchev–Trinajstić information content (AvgIpc) is 2.53. The van der Waals surface area contributed by atoms with Crippen molar-refractivity contribution in [1.29, 1.82) is 0 Å². The van der Waals surface area contributed by atoms with E-state index >= 15 is 0 Å². The van der Waals surface area contributed by atoms with E-state index in [4.69, 9.17) is 8.92 Å². The zero-order valence-corrected chi connectivity index (χ0v) is 17.0. The van der Waals surface area contributed by atoms with Gasteiger partial charge >= 0.3 is 6.09 Å². The molecule has 1 amide bonds. The van der Waals surface area contributed by atoms with Crippen molar-refractivity contribution in [2.75, 3.05) is 11.9 Å². The van der Waals surface area contributed by atoms with E-state index in [9.17, 15) is 13.2 Å². The third-order valence-electron chi connectivity index (χ3n) is 3.52. The molecule has 0 aliphatic heterocycles. The Hall–Kier alpha value is -2.38. The van der Waals surface area contributed by atoms with Gasteiger partial charge in [-0.25, -0.2) is 4.79 Å². The molecule has 0 bridgehead atoms. The van der Waals surface area contributed by atoms with Gasteiger partial charge in [0.25, 0.3) is 10.1 Å². The molecule has 2 rings (SSSR count). The summed E-state index contributed by atoms with van der Waals surface area (Å²) >= 11 is 0. The lowest BCUT2D eigenvalue weighted by Crippen LogP contribution is -2.27. The highest BCUT2D eigenvalue weighted by Gasteiger charge is 2.20. The number of benzene rings is 2. The minimum atomic E-state index is -3.85. The van der Waals surface area contributed by atoms with E-state index in [-0.39, 0.29) is 11.5 Å². The van der Waals surface area contributed by atoms with Crippen molar-refractivity contribution in [1.82, 2.24) is 0 Å². The molecule has 0 unspecified atom stereocenters. The molecule has 0 saturated heterocycles. The number of hydrogen-bond acceptors (Lipinski definition) is 5. The lowest BCUT2D eigenvalue weighted by atomic mass is 10.0. The van der Waals surface area contributed by atoms with Crippen molar-refractivity contribution in [3.63, 3.8) is 0 Å². The van der Waals surface area contributed by atoms with E-state index < -0.39 is 21.8 Å². The molecule has 2 aromatic carbocycles. The number of nitrogens with one attached hydrogen (secondary N) is 1. The van der Waals surface area contributed by atoms with Crippen molar-refractivity contribution in [3.8, 4) is 11.1 Å². The molecule has 0 aromatic heterocycles. The number of anilines is 1. The van der Waals surface area contributed by atoms with Gasteiger partial charge in [0.2, 0.25) is 0 Å². The van der Waals surface area contributed by atoms with Gasteiger partial charge in [0.15, 0.2) is 0 Å². The second-order valence-electron chi connectivity index (χ2n) is 7.06. The van der Waals surface area contributed by atoms with Gasteiger partial charge in [0.1, 0.15) is 10.5 Å². The van der Waals surface area contributed by atoms with Crippen molar-refractivity contribution in [2.24, 2.45) is 0 Å². The maximum Gasteiger partial charge on any atom is 0.412 e. The number of rotatable bonds is 5. The topological polar surface area (TPSA) is 81.7 Å². The van der Waals surface area contributed by atoms with Crippen LogP contribution in [-0.2, 0) is 19.0 Å². The van der Waals surface area contributed by atoms with E-state index in [2.05, 4.69) is 5.32 Å². The van der Waals surface area contributed by atoms with Gasteiger partial charge < -0.3 is 4.74 Å². The van der Waals surface area contributed by atoms with Crippen molar-refractivity contribution < 1.29 is 22.1 Å². The van der Waals surface area contributed by atoms with E-state index in [1.807, 2.05) is 6.92 Å². The van der Waals surface area contributed by atoms with Crippen LogP contribution in [0.2, 0.25) is 0 Å². The van der Waals surface area contributed by atoms with Crippen LogP contribution in [0.25, 0.3) is 11.1 Å². The summed E-state index contributed by atoms with van der Waals surface area (Å²) in [6, 6.07) is 11.9. The molecule has 0 aliphatic rings. The molecule has 7 heteroatoms. The quantitative estimate of drug-likeness (QED) is 0.745. The lowest BCUT2D eigenvalue weighted by Gasteiger charge is -2.19. The summed E-state index contributed by atoms with van der Waals surface area (Å²) in [6.45, 7) is 8.94. The zero-order valence-electron chi connectivity index (χ0n) is 16.2. The first kappa shape index (κ1) is 20.9. The summed E-state index contributed by atoms with van der Waals surface area (Å²) in [5.41, 5.74) is 2.14. The van der Waals surface area contributed by atoms with Crippen LogP contribution in [0, 0.1) is 6.92 Å². The third-order valence-corrected chi connectivity index (χ3v) is 4.96. The SMILES string of the molecule is CCOS(=O)(=O)c1ccc(C)cc1-c1ccc(NC(=O)OC(C)(C)C)cc1. The normalized spacial score (nSPS) is 11.9. The Morgan fingerprint density at radius 3 is 2.26 bits per heavy atom. The predicted molar refractivity (Wildman–Crippen MR) is 105 cm³/mol. The van der Waals surface area contributed by atoms with Crippen LogP contribution in [0.15, 0.2) is 47.4 Å². The number of hydrogen-bond donors (Lipinski definition) is 1. The summed E-state index contributed by atoms with van der Waals surface area (Å²) in [6.07, 6.45) is -0.551. The predicted octanol–water partition coefficient (Wildman–Crippen LogP) is 4.73. The Morgan fingerprint density at radius 1 is 1.07 bits per heavy atom. The van der Waals surface area contributed by atoms with Crippen LogP contribution in [0.3, 0.4) is 0 Å². The monoisotopic (exact) mass is 391 g/mol. The first-order valence-corrected chi connectivity index (χ1v) is 10.0. The summed E-state index contributed by atoms with van der Waals surface area (Å²) in [5.74, 6) is 0. The summed E-state index contributed by atoms with van der Waals surface area (Å²) in [4.78, 5) is 12.0. The molecule has 0 atom stereocenters. The van der Waals surface area contributed by atoms with Gasteiger partial charge in [-0.2, -0.15) is 8.42 Å². The van der Waals surface area contributed by atoms with E-state index in [1.54, 1.807) is 70.2 Å². The van der Waals surface area contributed by atoms with Crippen LogP contribution >= 0.6 is 0 Å². The van der Waals surface area contributed by atoms with E-state index in [1.165, 1.54) is 0 Å². The molecule has 0 fully saturated rings. The molecule has 6 nitrogen and oxygen atoms in total. The number of carbonyl (C=O) groups is 1. The Balaban J connectivity index is 2.32. The van der Waals surface area contributed by atoms with Crippen LogP contribution < -0.4 is 5.32 Å². The zero-order chi connectivity index (χ0) is 20.2. The molecule has 146 valence electrons. The Bertz CT molecular complexity index is 912. The maximum absolute atomic E-state index is 12.4. The number of carbonyl (C=O) groups excluding carboxylic acids is 1. The molecule has 0 saturated carbocycles. The van der Waals surface area contributed by atoms with Gasteiger partial charge in [-0.15, -0.1) is 0 Å². The number of aryl methyl sites for hydroxylation is 1. The van der Waals surface area contributed by atoms with Gasteiger partial charge in [-0.1, -0.05) is 29.8 Å². The first-order chi connectivity index (χ1) is 12.5. The second-order valence-corrected chi connectivity index (χ2v) is 8.65. The molecule has 2 aromatic rings. The molecule has 1 N–H and O–H groups in total. The lowest BCUT2D eigenvalue weighted by molar-refractivity contribution is 0.0636. The molecule has 0 aliphatic carbocycles. The third kappa shape index (κ3) is 5.80. The van der Waals surface area contributed by atoms with E-state index in [0.717, 1.165) is 5.56 Å². The minimum absolute atomic E-state index is 0.0639. The van der Waals surface area contributed by atoms with Crippen molar-refractivity contribution >= 4 is 21.9 Å². The molecular formula is C20H25NO5S. The van der Waals surface area contributed by atoms with Crippen molar-refractivity contribution in [3.05, 3.63) is 48.0 Å². The fraction of sp³-hybridized carbons (Fsp3) is 0.350. The largest absolute Gasteiger partial charge is 0.444 e. The molecule has 0 heterocycles. The summed E-state index contributed by atoms with van der Waals surface area (Å²) in [5, 5.41) is 2.65. The summed E-state index contributed by atoms with van der Waals surface area (Å²) < 4.78 is 34.9.